The molecule has 4 atom stereocenters. The van der Waals surface area contributed by atoms with Crippen LogP contribution in [0.25, 0.3) is 0 Å². The van der Waals surface area contributed by atoms with E-state index in [2.05, 4.69) is 16.0 Å². The molecule has 2 aromatic carbocycles. The van der Waals surface area contributed by atoms with E-state index in [9.17, 15) is 24.0 Å². The Hall–Kier alpha value is -4.45. The van der Waals surface area contributed by atoms with Gasteiger partial charge in [-0.1, -0.05) is 56.3 Å². The van der Waals surface area contributed by atoms with Gasteiger partial charge in [-0.2, -0.15) is 0 Å². The second-order valence-electron chi connectivity index (χ2n) is 13.2. The molecule has 0 aromatic heterocycles. The number of likely N-dealkylation sites (tertiary alicyclic amines) is 1. The summed E-state index contributed by atoms with van der Waals surface area (Å²) >= 11 is 0. The number of nitrogens with one attached hydrogen (secondary N) is 3. The van der Waals surface area contributed by atoms with Crippen molar-refractivity contribution in [3.8, 4) is 5.75 Å². The largest absolute Gasteiger partial charge is 0.484 e. The van der Waals surface area contributed by atoms with Gasteiger partial charge in [0.2, 0.25) is 23.6 Å². The molecule has 0 radical (unpaired) electrons. The third kappa shape index (κ3) is 8.91. The molecule has 2 bridgehead atoms. The van der Waals surface area contributed by atoms with Crippen molar-refractivity contribution in [2.24, 2.45) is 5.92 Å². The molecule has 3 N–H and O–H groups in total. The van der Waals surface area contributed by atoms with Crippen molar-refractivity contribution in [2.45, 2.75) is 89.8 Å². The first kappa shape index (κ1) is 34.9. The van der Waals surface area contributed by atoms with Gasteiger partial charge in [0.25, 0.3) is 5.91 Å². The Balaban J connectivity index is 1.30. The molecule has 0 unspecified atom stereocenters. The zero-order valence-corrected chi connectivity index (χ0v) is 28.0. The Bertz CT molecular complexity index is 1440. The first-order valence-corrected chi connectivity index (χ1v) is 17.0. The van der Waals surface area contributed by atoms with E-state index >= 15 is 0 Å². The van der Waals surface area contributed by atoms with Crippen molar-refractivity contribution in [3.05, 3.63) is 65.7 Å². The van der Waals surface area contributed by atoms with Gasteiger partial charge in [-0.25, -0.2) is 0 Å². The molecular formula is C36H47N5O7. The Morgan fingerprint density at radius 1 is 0.896 bits per heavy atom. The van der Waals surface area contributed by atoms with E-state index in [1.54, 1.807) is 36.1 Å². The number of nitrogens with zero attached hydrogens (tertiary/aromatic N) is 2. The number of hydrogen-bond acceptors (Lipinski definition) is 7. The number of fused-ring (bicyclic) bond motifs is 13. The van der Waals surface area contributed by atoms with Gasteiger partial charge in [0, 0.05) is 26.1 Å². The molecule has 0 saturated carbocycles. The zero-order chi connectivity index (χ0) is 34.2. The van der Waals surface area contributed by atoms with E-state index in [4.69, 9.17) is 9.47 Å². The van der Waals surface area contributed by atoms with Gasteiger partial charge in [-0.05, 0) is 61.8 Å². The molecule has 48 heavy (non-hydrogen) atoms. The van der Waals surface area contributed by atoms with Gasteiger partial charge in [-0.15, -0.1) is 0 Å². The van der Waals surface area contributed by atoms with Crippen LogP contribution in [0.1, 0.15) is 57.6 Å². The van der Waals surface area contributed by atoms with Crippen LogP contribution in [0.3, 0.4) is 0 Å². The minimum atomic E-state index is -0.957. The van der Waals surface area contributed by atoms with E-state index in [0.717, 1.165) is 11.1 Å². The number of amides is 5. The smallest absolute Gasteiger partial charge is 0.258 e. The topological polar surface area (TPSA) is 146 Å². The van der Waals surface area contributed by atoms with Gasteiger partial charge in [0.15, 0.2) is 6.61 Å². The van der Waals surface area contributed by atoms with Gasteiger partial charge in [-0.3, -0.25) is 24.0 Å². The Morgan fingerprint density at radius 3 is 2.29 bits per heavy atom. The molecule has 4 aliphatic rings. The third-order valence-corrected chi connectivity index (χ3v) is 9.27. The van der Waals surface area contributed by atoms with E-state index < -0.39 is 41.9 Å². The molecule has 4 aliphatic heterocycles. The number of ether oxygens (including phenoxy) is 2. The second-order valence-corrected chi connectivity index (χ2v) is 13.2. The molecule has 2 fully saturated rings. The fraction of sp³-hybridized carbons (Fsp3) is 0.528. The van der Waals surface area contributed by atoms with Crippen molar-refractivity contribution in [2.75, 3.05) is 26.2 Å². The highest BCUT2D eigenvalue weighted by molar-refractivity contribution is 5.96. The minimum absolute atomic E-state index is 0.0288. The van der Waals surface area contributed by atoms with Gasteiger partial charge < -0.3 is 35.2 Å². The van der Waals surface area contributed by atoms with E-state index in [1.165, 1.54) is 4.90 Å². The summed E-state index contributed by atoms with van der Waals surface area (Å²) in [5, 5.41) is 8.44. The summed E-state index contributed by atoms with van der Waals surface area (Å²) in [7, 11) is 0. The third-order valence-electron chi connectivity index (χ3n) is 9.27. The lowest BCUT2D eigenvalue weighted by Gasteiger charge is -2.35. The van der Waals surface area contributed by atoms with Crippen molar-refractivity contribution in [3.63, 3.8) is 0 Å². The van der Waals surface area contributed by atoms with Crippen LogP contribution >= 0.6 is 0 Å². The molecule has 0 aliphatic carbocycles. The van der Waals surface area contributed by atoms with Crippen LogP contribution in [-0.2, 0) is 41.7 Å². The first-order valence-electron chi connectivity index (χ1n) is 17.0. The lowest BCUT2D eigenvalue weighted by atomic mass is 10.0. The first-order chi connectivity index (χ1) is 23.1. The highest BCUT2D eigenvalue weighted by Crippen LogP contribution is 2.22. The summed E-state index contributed by atoms with van der Waals surface area (Å²) in [5.74, 6) is -1.74. The maximum Gasteiger partial charge on any atom is 0.258 e. The monoisotopic (exact) mass is 661 g/mol. The van der Waals surface area contributed by atoms with Crippen LogP contribution in [0, 0.1) is 5.92 Å². The number of carbonyl (C=O) groups is 5. The zero-order valence-electron chi connectivity index (χ0n) is 28.0. The standard InChI is InChI=1S/C36H47N5O7/c1-23(2)32-36(46)41-17-7-10-30(41)34(44)37-24(3)33(43)38-29(20-25-11-13-27(14-12-25)48-22-31(42)39-32)35(45)40-18-15-28(16-19-40)47-21-26-8-5-4-6-9-26/h4-6,8-9,11-14,23-24,28-30,32H,7,10,15-22H2,1-3H3,(H,37,44)(H,38,43)(H,39,42)/t24-,29-,30+,32-/m0/s1. The predicted octanol–water partition coefficient (Wildman–Crippen LogP) is 1.95. The van der Waals surface area contributed by atoms with Crippen LogP contribution < -0.4 is 20.7 Å². The maximum atomic E-state index is 13.9. The Labute approximate surface area is 281 Å². The van der Waals surface area contributed by atoms with Crippen molar-refractivity contribution >= 4 is 29.5 Å². The van der Waals surface area contributed by atoms with Crippen molar-refractivity contribution in [1.82, 2.24) is 25.8 Å². The number of rotatable bonds is 5. The highest BCUT2D eigenvalue weighted by Gasteiger charge is 2.40. The Morgan fingerprint density at radius 2 is 1.60 bits per heavy atom. The predicted molar refractivity (Wildman–Crippen MR) is 178 cm³/mol. The average molecular weight is 662 g/mol. The SMILES string of the molecule is CC(C)[C@@H]1NC(=O)COc2ccc(cc2)C[C@@H](C(=O)N2CCC(OCc3ccccc3)CC2)NC(=O)[C@H](C)NC(=O)[C@H]2CCCN2C1=O. The number of piperidine rings is 1. The van der Waals surface area contributed by atoms with Gasteiger partial charge in [0.1, 0.15) is 29.9 Å². The molecule has 258 valence electrons. The molecule has 2 aromatic rings. The number of carbonyl (C=O) groups excluding carboxylic acids is 5. The Kier molecular flexibility index (Phi) is 11.7. The summed E-state index contributed by atoms with van der Waals surface area (Å²) in [5.41, 5.74) is 1.88. The minimum Gasteiger partial charge on any atom is -0.484 e. The van der Waals surface area contributed by atoms with Crippen LogP contribution in [0.15, 0.2) is 54.6 Å². The molecule has 12 nitrogen and oxygen atoms in total. The van der Waals surface area contributed by atoms with Crippen LogP contribution in [0.4, 0.5) is 0 Å². The van der Waals surface area contributed by atoms with Crippen molar-refractivity contribution in [1.29, 1.82) is 0 Å². The molecular weight excluding hydrogens is 614 g/mol. The molecule has 12 heteroatoms. The maximum absolute atomic E-state index is 13.9. The molecule has 5 amide bonds. The summed E-state index contributed by atoms with van der Waals surface area (Å²) in [6, 6.07) is 13.5. The highest BCUT2D eigenvalue weighted by atomic mass is 16.5. The van der Waals surface area contributed by atoms with Crippen LogP contribution in [-0.4, -0.2) is 95.8 Å². The quantitative estimate of drug-likeness (QED) is 0.444. The lowest BCUT2D eigenvalue weighted by Crippen LogP contribution is -2.58. The van der Waals surface area contributed by atoms with Crippen LogP contribution in [0.5, 0.6) is 5.75 Å². The van der Waals surface area contributed by atoms with Gasteiger partial charge in [0.05, 0.1) is 12.7 Å². The summed E-state index contributed by atoms with van der Waals surface area (Å²) in [6.45, 7) is 6.80. The second kappa shape index (κ2) is 16.1. The summed E-state index contributed by atoms with van der Waals surface area (Å²) in [4.78, 5) is 70.5. The van der Waals surface area contributed by atoms with Crippen LogP contribution in [0.2, 0.25) is 0 Å². The number of hydrogen-bond donors (Lipinski definition) is 3. The van der Waals surface area contributed by atoms with E-state index in [1.807, 2.05) is 44.2 Å². The summed E-state index contributed by atoms with van der Waals surface area (Å²) < 4.78 is 11.8. The average Bonchev–Trinajstić information content (AvgIpc) is 3.59. The normalized spacial score (nSPS) is 24.9. The molecule has 0 spiro atoms. The molecule has 6 rings (SSSR count). The summed E-state index contributed by atoms with van der Waals surface area (Å²) in [6.07, 6.45) is 2.66. The van der Waals surface area contributed by atoms with E-state index in [-0.39, 0.29) is 36.9 Å². The van der Waals surface area contributed by atoms with Crippen molar-refractivity contribution < 1.29 is 33.4 Å². The fourth-order valence-corrected chi connectivity index (χ4v) is 6.44. The fourth-order valence-electron chi connectivity index (χ4n) is 6.44. The molecule has 4 heterocycles. The van der Waals surface area contributed by atoms with E-state index in [0.29, 0.717) is 57.7 Å². The lowest BCUT2D eigenvalue weighted by molar-refractivity contribution is -0.143. The van der Waals surface area contributed by atoms with Gasteiger partial charge >= 0.3 is 0 Å². The number of benzene rings is 2. The molecule has 2 saturated heterocycles.